The third-order valence-corrected chi connectivity index (χ3v) is 5.71. The van der Waals surface area contributed by atoms with E-state index in [-0.39, 0.29) is 11.6 Å². The lowest BCUT2D eigenvalue weighted by Gasteiger charge is -2.05. The standard InChI is InChI=1S/C16H18I2N2O2/c1-5-10-11(19-16(18)14(10)9(4)22)6-12-13(8(3)21)7(2)15(17)20-12/h19-20H,5-6H2,1-4H3. The van der Waals surface area contributed by atoms with Crippen LogP contribution in [0.5, 0.6) is 0 Å². The van der Waals surface area contributed by atoms with Gasteiger partial charge in [0.2, 0.25) is 0 Å². The van der Waals surface area contributed by atoms with E-state index in [1.807, 2.05) is 13.8 Å². The molecule has 2 N–H and O–H groups in total. The van der Waals surface area contributed by atoms with Crippen molar-refractivity contribution in [1.29, 1.82) is 0 Å². The van der Waals surface area contributed by atoms with E-state index in [0.29, 0.717) is 6.42 Å². The van der Waals surface area contributed by atoms with Crippen molar-refractivity contribution in [3.05, 3.63) is 41.0 Å². The van der Waals surface area contributed by atoms with E-state index in [4.69, 9.17) is 0 Å². The molecule has 0 atom stereocenters. The van der Waals surface area contributed by atoms with Gasteiger partial charge in [0.15, 0.2) is 11.6 Å². The molecule has 0 aliphatic rings. The van der Waals surface area contributed by atoms with Crippen LogP contribution in [-0.4, -0.2) is 21.5 Å². The topological polar surface area (TPSA) is 65.7 Å². The predicted molar refractivity (Wildman–Crippen MR) is 104 cm³/mol. The van der Waals surface area contributed by atoms with Crippen molar-refractivity contribution in [2.24, 2.45) is 0 Å². The Labute approximate surface area is 157 Å². The van der Waals surface area contributed by atoms with Crippen LogP contribution in [0.15, 0.2) is 0 Å². The first-order valence-electron chi connectivity index (χ1n) is 7.05. The largest absolute Gasteiger partial charge is 0.353 e. The molecule has 2 rings (SSSR count). The van der Waals surface area contributed by atoms with Gasteiger partial charge in [-0.2, -0.15) is 0 Å². The normalized spacial score (nSPS) is 11.0. The van der Waals surface area contributed by atoms with Crippen molar-refractivity contribution in [2.45, 2.75) is 40.5 Å². The van der Waals surface area contributed by atoms with Gasteiger partial charge < -0.3 is 9.97 Å². The Morgan fingerprint density at radius 2 is 1.50 bits per heavy atom. The highest BCUT2D eigenvalue weighted by molar-refractivity contribution is 14.1. The lowest BCUT2D eigenvalue weighted by molar-refractivity contribution is 0.100. The maximum atomic E-state index is 11.9. The van der Waals surface area contributed by atoms with Crippen LogP contribution in [0.25, 0.3) is 0 Å². The molecular formula is C16H18I2N2O2. The summed E-state index contributed by atoms with van der Waals surface area (Å²) in [4.78, 5) is 30.4. The monoisotopic (exact) mass is 524 g/mol. The van der Waals surface area contributed by atoms with Crippen LogP contribution in [0, 0.1) is 14.3 Å². The Morgan fingerprint density at radius 1 is 0.955 bits per heavy atom. The number of aromatic nitrogens is 2. The molecule has 4 nitrogen and oxygen atoms in total. The van der Waals surface area contributed by atoms with Crippen molar-refractivity contribution in [3.63, 3.8) is 0 Å². The van der Waals surface area contributed by atoms with Gasteiger partial charge in [-0.25, -0.2) is 0 Å². The second-order valence-electron chi connectivity index (χ2n) is 5.33. The molecule has 2 aromatic rings. The number of ketones is 2. The fourth-order valence-corrected chi connectivity index (χ4v) is 4.50. The van der Waals surface area contributed by atoms with Gasteiger partial charge >= 0.3 is 0 Å². The third-order valence-electron chi connectivity index (χ3n) is 3.82. The molecule has 0 aromatic carbocycles. The molecule has 22 heavy (non-hydrogen) atoms. The van der Waals surface area contributed by atoms with Crippen LogP contribution < -0.4 is 0 Å². The van der Waals surface area contributed by atoms with Crippen LogP contribution in [0.4, 0.5) is 0 Å². The van der Waals surface area contributed by atoms with Crippen molar-refractivity contribution < 1.29 is 9.59 Å². The average Bonchev–Trinajstić information content (AvgIpc) is 2.87. The van der Waals surface area contributed by atoms with E-state index in [1.165, 1.54) is 0 Å². The first-order chi connectivity index (χ1) is 10.3. The minimum Gasteiger partial charge on any atom is -0.353 e. The number of carbonyl (C=O) groups is 2. The number of rotatable bonds is 5. The summed E-state index contributed by atoms with van der Waals surface area (Å²) in [7, 11) is 0. The molecule has 0 bridgehead atoms. The molecular weight excluding hydrogens is 506 g/mol. The van der Waals surface area contributed by atoms with E-state index in [0.717, 1.165) is 47.5 Å². The molecule has 0 aliphatic heterocycles. The lowest BCUT2D eigenvalue weighted by atomic mass is 10.00. The quantitative estimate of drug-likeness (QED) is 0.450. The van der Waals surface area contributed by atoms with Crippen LogP contribution in [-0.2, 0) is 12.8 Å². The van der Waals surface area contributed by atoms with Crippen LogP contribution >= 0.6 is 45.2 Å². The highest BCUT2D eigenvalue weighted by atomic mass is 127. The number of hydrogen-bond donors (Lipinski definition) is 2. The van der Waals surface area contributed by atoms with Crippen molar-refractivity contribution in [2.75, 3.05) is 0 Å². The zero-order valence-electron chi connectivity index (χ0n) is 13.0. The molecule has 6 heteroatoms. The molecule has 118 valence electrons. The molecule has 0 unspecified atom stereocenters. The van der Waals surface area contributed by atoms with Crippen molar-refractivity contribution in [1.82, 2.24) is 9.97 Å². The number of H-pyrrole nitrogens is 2. The maximum Gasteiger partial charge on any atom is 0.162 e. The molecule has 0 amide bonds. The van der Waals surface area contributed by atoms with Gasteiger partial charge in [-0.15, -0.1) is 0 Å². The summed E-state index contributed by atoms with van der Waals surface area (Å²) in [5, 5.41) is 0. The fraction of sp³-hybridized carbons (Fsp3) is 0.375. The predicted octanol–water partition coefficient (Wildman–Crippen LogP) is 4.42. The van der Waals surface area contributed by atoms with Crippen LogP contribution in [0.2, 0.25) is 0 Å². The molecule has 0 fully saturated rings. The van der Waals surface area contributed by atoms with Crippen LogP contribution in [0.3, 0.4) is 0 Å². The smallest absolute Gasteiger partial charge is 0.162 e. The number of Topliss-reactive ketones (excluding diaryl/α,β-unsaturated/α-hetero) is 2. The summed E-state index contributed by atoms with van der Waals surface area (Å²) in [6, 6.07) is 0. The Balaban J connectivity index is 2.53. The summed E-state index contributed by atoms with van der Waals surface area (Å²) >= 11 is 4.38. The van der Waals surface area contributed by atoms with Crippen LogP contribution in [0.1, 0.15) is 64.0 Å². The highest BCUT2D eigenvalue weighted by Crippen LogP contribution is 2.27. The van der Waals surface area contributed by atoms with Gasteiger partial charge in [0.25, 0.3) is 0 Å². The van der Waals surface area contributed by atoms with Gasteiger partial charge in [-0.05, 0) is 83.5 Å². The summed E-state index contributed by atoms with van der Waals surface area (Å²) in [6.07, 6.45) is 1.39. The molecule has 2 heterocycles. The number of carbonyl (C=O) groups excluding carboxylic acids is 2. The summed E-state index contributed by atoms with van der Waals surface area (Å²) < 4.78 is 1.86. The minimum atomic E-state index is 0.0674. The zero-order valence-corrected chi connectivity index (χ0v) is 17.3. The summed E-state index contributed by atoms with van der Waals surface area (Å²) in [5.41, 5.74) is 5.51. The average molecular weight is 524 g/mol. The molecule has 0 saturated heterocycles. The first kappa shape index (κ1) is 17.7. The van der Waals surface area contributed by atoms with E-state index in [9.17, 15) is 9.59 Å². The second kappa shape index (κ2) is 6.86. The fourth-order valence-electron chi connectivity index (χ4n) is 2.87. The van der Waals surface area contributed by atoms with Gasteiger partial charge in [0.05, 0.1) is 13.0 Å². The minimum absolute atomic E-state index is 0.0674. The maximum absolute atomic E-state index is 11.9. The van der Waals surface area contributed by atoms with Crippen molar-refractivity contribution in [3.8, 4) is 0 Å². The van der Waals surface area contributed by atoms with Gasteiger partial charge in [-0.1, -0.05) is 6.92 Å². The summed E-state index contributed by atoms with van der Waals surface area (Å²) in [5.74, 6) is 0.144. The number of aromatic amines is 2. The van der Waals surface area contributed by atoms with Crippen molar-refractivity contribution >= 4 is 56.7 Å². The lowest BCUT2D eigenvalue weighted by Crippen LogP contribution is -2.03. The third kappa shape index (κ3) is 3.17. The Morgan fingerprint density at radius 3 is 2.00 bits per heavy atom. The molecule has 0 saturated carbocycles. The molecule has 0 spiro atoms. The summed E-state index contributed by atoms with van der Waals surface area (Å²) in [6.45, 7) is 7.19. The van der Waals surface area contributed by atoms with Gasteiger partial charge in [0.1, 0.15) is 0 Å². The SMILES string of the molecule is CCc1c(Cc2[nH]c(I)c(C)c2C(C)=O)[nH]c(I)c1C(C)=O. The van der Waals surface area contributed by atoms with E-state index < -0.39 is 0 Å². The Hall–Kier alpha value is -0.640. The molecule has 0 aliphatic carbocycles. The van der Waals surface area contributed by atoms with E-state index >= 15 is 0 Å². The van der Waals surface area contributed by atoms with Gasteiger partial charge in [0, 0.05) is 23.4 Å². The Bertz CT molecular complexity index is 757. The molecule has 2 aromatic heterocycles. The zero-order chi connectivity index (χ0) is 16.6. The first-order valence-corrected chi connectivity index (χ1v) is 9.21. The number of nitrogens with one attached hydrogen (secondary N) is 2. The highest BCUT2D eigenvalue weighted by Gasteiger charge is 2.22. The van der Waals surface area contributed by atoms with E-state index in [1.54, 1.807) is 13.8 Å². The number of hydrogen-bond acceptors (Lipinski definition) is 2. The molecule has 0 radical (unpaired) electrons. The van der Waals surface area contributed by atoms with Gasteiger partial charge in [-0.3, -0.25) is 9.59 Å². The number of halogens is 2. The van der Waals surface area contributed by atoms with E-state index in [2.05, 4.69) is 55.1 Å². The second-order valence-corrected chi connectivity index (χ2v) is 7.49. The Kier molecular flexibility index (Phi) is 5.52.